The van der Waals surface area contributed by atoms with Gasteiger partial charge < -0.3 is 19.6 Å². The molecule has 1 unspecified atom stereocenters. The summed E-state index contributed by atoms with van der Waals surface area (Å²) in [6, 6.07) is 4.24. The van der Waals surface area contributed by atoms with Gasteiger partial charge in [-0.2, -0.15) is 0 Å². The van der Waals surface area contributed by atoms with Gasteiger partial charge in [0.05, 0.1) is 30.5 Å². The summed E-state index contributed by atoms with van der Waals surface area (Å²) < 4.78 is 5.15. The maximum Gasteiger partial charge on any atom is 0.230 e. The fraction of sp³-hybridized carbons (Fsp3) is 0.700. The molecule has 4 rings (SSSR count). The second-order valence-corrected chi connectivity index (χ2v) is 8.08. The zero-order chi connectivity index (χ0) is 18.1. The molecule has 1 saturated carbocycles. The summed E-state index contributed by atoms with van der Waals surface area (Å²) in [5.74, 6) is 0.952. The van der Waals surface area contributed by atoms with Crippen molar-refractivity contribution in [2.45, 2.75) is 57.1 Å². The third-order valence-electron chi connectivity index (χ3n) is 6.52. The van der Waals surface area contributed by atoms with E-state index in [-0.39, 0.29) is 11.5 Å². The normalized spacial score (nSPS) is 32.3. The standard InChI is InChI=1S/C20H29N3O3/c1-26-18-8-5-16(13-21-18)22-11-2-9-20(14-22)10-12-23(19(20)25)15-3-6-17(24)7-4-15/h5,8,13,15,17,24H,2-4,6-7,9-12,14H2,1H3/t15-,17-,20?. The van der Waals surface area contributed by atoms with Crippen molar-refractivity contribution in [3.63, 3.8) is 0 Å². The monoisotopic (exact) mass is 359 g/mol. The van der Waals surface area contributed by atoms with Crippen molar-refractivity contribution in [2.75, 3.05) is 31.6 Å². The molecule has 26 heavy (non-hydrogen) atoms. The number of methoxy groups -OCH3 is 1. The lowest BCUT2D eigenvalue weighted by Gasteiger charge is -2.41. The molecule has 6 nitrogen and oxygen atoms in total. The minimum Gasteiger partial charge on any atom is -0.481 e. The number of ether oxygens (including phenoxy) is 1. The number of carbonyl (C=O) groups excluding carboxylic acids is 1. The predicted octanol–water partition coefficient (Wildman–Crippen LogP) is 2.21. The van der Waals surface area contributed by atoms with Crippen molar-refractivity contribution in [1.82, 2.24) is 9.88 Å². The number of likely N-dealkylation sites (tertiary alicyclic amines) is 1. The number of nitrogens with zero attached hydrogens (tertiary/aromatic N) is 3. The van der Waals surface area contributed by atoms with Crippen LogP contribution in [0, 0.1) is 5.41 Å². The number of anilines is 1. The van der Waals surface area contributed by atoms with Crippen LogP contribution in [-0.2, 0) is 4.79 Å². The van der Waals surface area contributed by atoms with Gasteiger partial charge in [0.1, 0.15) is 0 Å². The molecule has 142 valence electrons. The summed E-state index contributed by atoms with van der Waals surface area (Å²) in [5.41, 5.74) is 0.825. The zero-order valence-electron chi connectivity index (χ0n) is 15.6. The number of aromatic nitrogens is 1. The number of aliphatic hydroxyl groups excluding tert-OH is 1. The summed E-state index contributed by atoms with van der Waals surface area (Å²) >= 11 is 0. The van der Waals surface area contributed by atoms with Gasteiger partial charge in [0, 0.05) is 31.7 Å². The first-order chi connectivity index (χ1) is 12.6. The fourth-order valence-corrected chi connectivity index (χ4v) is 4.98. The van der Waals surface area contributed by atoms with Crippen LogP contribution in [0.4, 0.5) is 5.69 Å². The Morgan fingerprint density at radius 3 is 2.69 bits per heavy atom. The highest BCUT2D eigenvalue weighted by molar-refractivity contribution is 5.86. The van der Waals surface area contributed by atoms with E-state index >= 15 is 0 Å². The maximum atomic E-state index is 13.3. The largest absolute Gasteiger partial charge is 0.481 e. The molecule has 3 fully saturated rings. The van der Waals surface area contributed by atoms with Gasteiger partial charge in [0.25, 0.3) is 0 Å². The molecule has 2 aliphatic heterocycles. The number of hydrogen-bond donors (Lipinski definition) is 1. The zero-order valence-corrected chi connectivity index (χ0v) is 15.6. The Labute approximate surface area is 155 Å². The highest BCUT2D eigenvalue weighted by atomic mass is 16.5. The third kappa shape index (κ3) is 3.15. The Hall–Kier alpha value is -1.82. The minimum atomic E-state index is -0.242. The Morgan fingerprint density at radius 1 is 1.19 bits per heavy atom. The van der Waals surface area contributed by atoms with Gasteiger partial charge in [-0.25, -0.2) is 4.98 Å². The van der Waals surface area contributed by atoms with Crippen LogP contribution in [0.25, 0.3) is 0 Å². The van der Waals surface area contributed by atoms with E-state index in [0.717, 1.165) is 70.3 Å². The lowest BCUT2D eigenvalue weighted by molar-refractivity contribution is -0.139. The average Bonchev–Trinajstić information content (AvgIpc) is 2.98. The molecule has 0 aromatic carbocycles. The van der Waals surface area contributed by atoms with E-state index in [9.17, 15) is 9.90 Å². The molecule has 0 bridgehead atoms. The highest BCUT2D eigenvalue weighted by Gasteiger charge is 2.50. The van der Waals surface area contributed by atoms with Gasteiger partial charge >= 0.3 is 0 Å². The topological polar surface area (TPSA) is 65.9 Å². The molecule has 3 heterocycles. The molecule has 1 spiro atoms. The molecule has 1 aromatic heterocycles. The number of pyridine rings is 1. The van der Waals surface area contributed by atoms with E-state index in [1.165, 1.54) is 0 Å². The van der Waals surface area contributed by atoms with E-state index in [1.807, 2.05) is 18.3 Å². The van der Waals surface area contributed by atoms with E-state index < -0.39 is 0 Å². The van der Waals surface area contributed by atoms with E-state index in [2.05, 4.69) is 14.8 Å². The van der Waals surface area contributed by atoms with Crippen LogP contribution in [0.1, 0.15) is 44.9 Å². The molecule has 3 aliphatic rings. The summed E-state index contributed by atoms with van der Waals surface area (Å²) in [5, 5.41) is 9.75. The predicted molar refractivity (Wildman–Crippen MR) is 99.3 cm³/mol. The molecular formula is C20H29N3O3. The van der Waals surface area contributed by atoms with Crippen LogP contribution in [0.15, 0.2) is 18.3 Å². The summed E-state index contributed by atoms with van der Waals surface area (Å²) in [7, 11) is 1.62. The Morgan fingerprint density at radius 2 is 2.00 bits per heavy atom. The Balaban J connectivity index is 1.46. The number of hydrogen-bond acceptors (Lipinski definition) is 5. The molecule has 1 aliphatic carbocycles. The van der Waals surface area contributed by atoms with Crippen LogP contribution < -0.4 is 9.64 Å². The summed E-state index contributed by atoms with van der Waals surface area (Å²) in [4.78, 5) is 22.1. The van der Waals surface area contributed by atoms with Gasteiger partial charge in [-0.15, -0.1) is 0 Å². The number of rotatable bonds is 3. The summed E-state index contributed by atoms with van der Waals surface area (Å²) in [6.07, 6.45) is 8.17. The van der Waals surface area contributed by atoms with Gasteiger partial charge in [0.2, 0.25) is 11.8 Å². The number of amides is 1. The van der Waals surface area contributed by atoms with Crippen LogP contribution in [0.2, 0.25) is 0 Å². The Kier molecular flexibility index (Phi) is 4.78. The average molecular weight is 359 g/mol. The van der Waals surface area contributed by atoms with Crippen molar-refractivity contribution >= 4 is 11.6 Å². The van der Waals surface area contributed by atoms with Crippen LogP contribution in [-0.4, -0.2) is 59.8 Å². The van der Waals surface area contributed by atoms with E-state index in [4.69, 9.17) is 4.74 Å². The van der Waals surface area contributed by atoms with Crippen molar-refractivity contribution in [3.05, 3.63) is 18.3 Å². The van der Waals surface area contributed by atoms with Crippen molar-refractivity contribution in [1.29, 1.82) is 0 Å². The molecular weight excluding hydrogens is 330 g/mol. The lowest BCUT2D eigenvalue weighted by atomic mass is 9.78. The molecule has 1 atom stereocenters. The molecule has 1 N–H and O–H groups in total. The molecule has 1 aromatic rings. The number of carbonyl (C=O) groups is 1. The van der Waals surface area contributed by atoms with Crippen molar-refractivity contribution in [2.24, 2.45) is 5.41 Å². The SMILES string of the molecule is COc1ccc(N2CCCC3(CCN([C@H]4CC[C@H](O)CC4)C3=O)C2)cn1. The van der Waals surface area contributed by atoms with Crippen LogP contribution >= 0.6 is 0 Å². The lowest BCUT2D eigenvalue weighted by Crippen LogP contribution is -2.50. The van der Waals surface area contributed by atoms with E-state index in [1.54, 1.807) is 7.11 Å². The molecule has 6 heteroatoms. The number of aliphatic hydroxyl groups is 1. The first-order valence-electron chi connectivity index (χ1n) is 9.85. The Bertz CT molecular complexity index is 642. The number of piperidine rings is 1. The van der Waals surface area contributed by atoms with Crippen molar-refractivity contribution < 1.29 is 14.6 Å². The van der Waals surface area contributed by atoms with Crippen LogP contribution in [0.5, 0.6) is 5.88 Å². The summed E-state index contributed by atoms with van der Waals surface area (Å²) in [6.45, 7) is 2.62. The quantitative estimate of drug-likeness (QED) is 0.896. The molecule has 1 amide bonds. The second kappa shape index (κ2) is 7.06. The minimum absolute atomic E-state index is 0.175. The fourth-order valence-electron chi connectivity index (χ4n) is 4.98. The highest BCUT2D eigenvalue weighted by Crippen LogP contribution is 2.43. The van der Waals surface area contributed by atoms with Crippen molar-refractivity contribution in [3.8, 4) is 5.88 Å². The van der Waals surface area contributed by atoms with Crippen LogP contribution in [0.3, 0.4) is 0 Å². The first-order valence-corrected chi connectivity index (χ1v) is 9.85. The van der Waals surface area contributed by atoms with Gasteiger partial charge in [-0.3, -0.25) is 4.79 Å². The smallest absolute Gasteiger partial charge is 0.230 e. The molecule has 2 saturated heterocycles. The van der Waals surface area contributed by atoms with Gasteiger partial charge in [0.15, 0.2) is 0 Å². The maximum absolute atomic E-state index is 13.3. The van der Waals surface area contributed by atoms with E-state index in [0.29, 0.717) is 17.8 Å². The second-order valence-electron chi connectivity index (χ2n) is 8.08. The first kappa shape index (κ1) is 17.6. The molecule has 0 radical (unpaired) electrons. The van der Waals surface area contributed by atoms with Gasteiger partial charge in [-0.05, 0) is 51.0 Å². The third-order valence-corrected chi connectivity index (χ3v) is 6.52. The van der Waals surface area contributed by atoms with Gasteiger partial charge in [-0.1, -0.05) is 0 Å².